The summed E-state index contributed by atoms with van der Waals surface area (Å²) in [5.74, 6) is -0.678. The highest BCUT2D eigenvalue weighted by Gasteiger charge is 2.36. The molecule has 0 rings (SSSR count). The Morgan fingerprint density at radius 2 is 1.09 bits per heavy atom. The van der Waals surface area contributed by atoms with Gasteiger partial charge in [0, 0.05) is 33.8 Å². The van der Waals surface area contributed by atoms with Crippen LogP contribution in [0.1, 0.15) is 70.6 Å². The zero-order valence-corrected chi connectivity index (χ0v) is 15.6. The molecule has 0 heterocycles. The quantitative estimate of drug-likeness (QED) is 0.338. The zero-order valence-electron chi connectivity index (χ0n) is 14.6. The van der Waals surface area contributed by atoms with Crippen LogP contribution in [0.2, 0.25) is 6.04 Å². The molecule has 0 fully saturated rings. The summed E-state index contributed by atoms with van der Waals surface area (Å²) in [6.07, 6.45) is 11.9. The zero-order chi connectivity index (χ0) is 16.7. The van der Waals surface area contributed by atoms with E-state index in [0.717, 1.165) is 31.7 Å². The number of carbonyl (C=O) groups is 1. The molecule has 0 radical (unpaired) electrons. The van der Waals surface area contributed by atoms with Gasteiger partial charge in [0.25, 0.3) is 0 Å². The Balaban J connectivity index is 3.32. The molecule has 22 heavy (non-hydrogen) atoms. The first kappa shape index (κ1) is 21.6. The van der Waals surface area contributed by atoms with Crippen LogP contribution in [0, 0.1) is 0 Å². The molecule has 132 valence electrons. The van der Waals surface area contributed by atoms with Gasteiger partial charge in [-0.1, -0.05) is 51.4 Å². The average molecular weight is 335 g/mol. The van der Waals surface area contributed by atoms with Crippen molar-refractivity contribution >= 4 is 14.8 Å². The van der Waals surface area contributed by atoms with E-state index in [-0.39, 0.29) is 0 Å². The highest BCUT2D eigenvalue weighted by molar-refractivity contribution is 6.60. The summed E-state index contributed by atoms with van der Waals surface area (Å²) in [6, 6.07) is 0.889. The van der Waals surface area contributed by atoms with Gasteiger partial charge in [0.2, 0.25) is 0 Å². The number of rotatable bonds is 16. The van der Waals surface area contributed by atoms with Crippen LogP contribution < -0.4 is 0 Å². The van der Waals surface area contributed by atoms with Crippen LogP contribution in [0.3, 0.4) is 0 Å². The van der Waals surface area contributed by atoms with Gasteiger partial charge in [0.05, 0.1) is 0 Å². The number of carboxylic acid groups (broad SMARTS) is 1. The molecule has 0 bridgehead atoms. The molecule has 0 aromatic heterocycles. The smallest absolute Gasteiger partial charge is 0.481 e. The molecule has 0 atom stereocenters. The maximum atomic E-state index is 10.4. The fourth-order valence-electron chi connectivity index (χ4n) is 2.59. The molecule has 0 aliphatic heterocycles. The van der Waals surface area contributed by atoms with Gasteiger partial charge < -0.3 is 18.4 Å². The Kier molecular flexibility index (Phi) is 13.9. The molecule has 0 spiro atoms. The predicted octanol–water partition coefficient (Wildman–Crippen LogP) is 4.24. The molecule has 0 aliphatic rings. The van der Waals surface area contributed by atoms with E-state index < -0.39 is 14.8 Å². The SMILES string of the molecule is CO[Si](CCCCCCCCCCCCC(=O)O)(OC)OC. The van der Waals surface area contributed by atoms with Crippen molar-refractivity contribution in [2.24, 2.45) is 0 Å². The van der Waals surface area contributed by atoms with Crippen molar-refractivity contribution in [3.05, 3.63) is 0 Å². The number of unbranched alkanes of at least 4 members (excludes halogenated alkanes) is 9. The molecule has 0 saturated carbocycles. The van der Waals surface area contributed by atoms with Gasteiger partial charge in [-0.3, -0.25) is 4.79 Å². The summed E-state index contributed by atoms with van der Waals surface area (Å²) in [6.45, 7) is 0. The Hall–Kier alpha value is -0.433. The number of hydrogen-bond donors (Lipinski definition) is 1. The monoisotopic (exact) mass is 334 g/mol. The summed E-state index contributed by atoms with van der Waals surface area (Å²) in [4.78, 5) is 10.4. The van der Waals surface area contributed by atoms with Crippen molar-refractivity contribution in [2.75, 3.05) is 21.3 Å². The standard InChI is InChI=1S/C16H34O5Si/c1-19-22(20-2,21-3)15-13-11-9-7-5-4-6-8-10-12-14-16(17)18/h4-15H2,1-3H3,(H,17,18). The normalized spacial score (nSPS) is 11.8. The summed E-state index contributed by atoms with van der Waals surface area (Å²) in [5, 5.41) is 8.53. The molecule has 5 nitrogen and oxygen atoms in total. The van der Waals surface area contributed by atoms with Crippen LogP contribution in [0.5, 0.6) is 0 Å². The van der Waals surface area contributed by atoms with E-state index in [1.807, 2.05) is 0 Å². The molecule has 0 aromatic carbocycles. The van der Waals surface area contributed by atoms with E-state index in [4.69, 9.17) is 18.4 Å². The Labute approximate surface area is 136 Å². The third-order valence-corrected chi connectivity index (χ3v) is 6.89. The van der Waals surface area contributed by atoms with E-state index in [0.29, 0.717) is 6.42 Å². The predicted molar refractivity (Wildman–Crippen MR) is 90.0 cm³/mol. The van der Waals surface area contributed by atoms with Crippen molar-refractivity contribution in [2.45, 2.75) is 76.7 Å². The molecule has 0 amide bonds. The molecule has 0 aromatic rings. The van der Waals surface area contributed by atoms with Crippen molar-refractivity contribution in [3.8, 4) is 0 Å². The Morgan fingerprint density at radius 1 is 0.727 bits per heavy atom. The van der Waals surface area contributed by atoms with Crippen molar-refractivity contribution in [1.82, 2.24) is 0 Å². The highest BCUT2D eigenvalue weighted by atomic mass is 28.4. The summed E-state index contributed by atoms with van der Waals surface area (Å²) >= 11 is 0. The lowest BCUT2D eigenvalue weighted by Gasteiger charge is -2.24. The van der Waals surface area contributed by atoms with E-state index in [1.54, 1.807) is 21.3 Å². The maximum Gasteiger partial charge on any atom is 0.500 e. The number of aliphatic carboxylic acids is 1. The van der Waals surface area contributed by atoms with Crippen molar-refractivity contribution in [1.29, 1.82) is 0 Å². The van der Waals surface area contributed by atoms with Crippen LogP contribution in [-0.4, -0.2) is 41.2 Å². The van der Waals surface area contributed by atoms with Crippen LogP contribution in [0.25, 0.3) is 0 Å². The second-order valence-corrected chi connectivity index (χ2v) is 8.82. The van der Waals surface area contributed by atoms with Gasteiger partial charge in [-0.05, 0) is 12.8 Å². The number of carboxylic acids is 1. The molecule has 6 heteroatoms. The summed E-state index contributed by atoms with van der Waals surface area (Å²) < 4.78 is 16.2. The van der Waals surface area contributed by atoms with Gasteiger partial charge in [-0.25, -0.2) is 0 Å². The Morgan fingerprint density at radius 3 is 1.45 bits per heavy atom. The van der Waals surface area contributed by atoms with Crippen molar-refractivity contribution < 1.29 is 23.2 Å². The topological polar surface area (TPSA) is 65.0 Å². The summed E-state index contributed by atoms with van der Waals surface area (Å²) in [7, 11) is 2.63. The first-order valence-electron chi connectivity index (χ1n) is 8.47. The van der Waals surface area contributed by atoms with E-state index in [1.165, 1.54) is 38.5 Å². The lowest BCUT2D eigenvalue weighted by Crippen LogP contribution is -2.42. The minimum Gasteiger partial charge on any atom is -0.481 e. The van der Waals surface area contributed by atoms with Gasteiger partial charge in [0.15, 0.2) is 0 Å². The lowest BCUT2D eigenvalue weighted by molar-refractivity contribution is -0.137. The molecule has 0 saturated heterocycles. The minimum absolute atomic E-state index is 0.315. The second-order valence-electron chi connectivity index (χ2n) is 5.72. The fraction of sp³-hybridized carbons (Fsp3) is 0.938. The molecule has 0 aliphatic carbocycles. The molecule has 0 unspecified atom stereocenters. The molecular weight excluding hydrogens is 300 g/mol. The largest absolute Gasteiger partial charge is 0.500 e. The molecular formula is C16H34O5Si. The third kappa shape index (κ3) is 11.2. The van der Waals surface area contributed by atoms with Crippen LogP contribution in [0.4, 0.5) is 0 Å². The Bertz CT molecular complexity index is 261. The second kappa shape index (κ2) is 14.2. The lowest BCUT2D eigenvalue weighted by atomic mass is 10.1. The third-order valence-electron chi connectivity index (χ3n) is 4.06. The van der Waals surface area contributed by atoms with Gasteiger partial charge in [-0.15, -0.1) is 0 Å². The van der Waals surface area contributed by atoms with Crippen LogP contribution in [0.15, 0.2) is 0 Å². The first-order valence-corrected chi connectivity index (χ1v) is 10.4. The summed E-state index contributed by atoms with van der Waals surface area (Å²) in [5.41, 5.74) is 0. The fourth-order valence-corrected chi connectivity index (χ4v) is 4.38. The molecule has 1 N–H and O–H groups in total. The van der Waals surface area contributed by atoms with Gasteiger partial charge >= 0.3 is 14.8 Å². The van der Waals surface area contributed by atoms with Crippen LogP contribution >= 0.6 is 0 Å². The average Bonchev–Trinajstić information content (AvgIpc) is 2.52. The van der Waals surface area contributed by atoms with E-state index >= 15 is 0 Å². The van der Waals surface area contributed by atoms with Crippen LogP contribution in [-0.2, 0) is 18.1 Å². The minimum atomic E-state index is -2.36. The first-order chi connectivity index (χ1) is 10.6. The number of hydrogen-bond acceptors (Lipinski definition) is 4. The van der Waals surface area contributed by atoms with Gasteiger partial charge in [-0.2, -0.15) is 0 Å². The van der Waals surface area contributed by atoms with E-state index in [2.05, 4.69) is 0 Å². The van der Waals surface area contributed by atoms with E-state index in [9.17, 15) is 4.79 Å². The van der Waals surface area contributed by atoms with Crippen molar-refractivity contribution in [3.63, 3.8) is 0 Å². The maximum absolute atomic E-state index is 10.4. The van der Waals surface area contributed by atoms with Gasteiger partial charge in [0.1, 0.15) is 0 Å². The highest BCUT2D eigenvalue weighted by Crippen LogP contribution is 2.18.